The molecule has 0 fully saturated rings. The zero-order valence-electron chi connectivity index (χ0n) is 13.8. The minimum atomic E-state index is -4.90. The normalized spacial score (nSPS) is 11.3. The Labute approximate surface area is 176 Å². The number of carbonyl (C=O) groups is 1. The van der Waals surface area contributed by atoms with Crippen LogP contribution in [0.25, 0.3) is 0 Å². The Bertz CT molecular complexity index is 855. The molecule has 2 rings (SSSR count). The number of ether oxygens (including phenoxy) is 2. The highest BCUT2D eigenvalue weighted by Gasteiger charge is 2.33. The highest BCUT2D eigenvalue weighted by atomic mass is 79.9. The summed E-state index contributed by atoms with van der Waals surface area (Å²) in [5.74, 6) is -2.61. The Hall–Kier alpha value is -1.99. The van der Waals surface area contributed by atoms with Crippen LogP contribution in [0.1, 0.15) is 15.9 Å². The van der Waals surface area contributed by atoms with Gasteiger partial charge in [-0.05, 0) is 36.4 Å². The highest BCUT2D eigenvalue weighted by molar-refractivity contribution is 9.10. The number of halogens is 8. The molecule has 0 aliphatic heterocycles. The lowest BCUT2D eigenvalue weighted by atomic mass is 10.2. The summed E-state index contributed by atoms with van der Waals surface area (Å²) in [4.78, 5) is 10.6. The number of carboxylic acids is 1. The van der Waals surface area contributed by atoms with Crippen LogP contribution in [0, 0.1) is 0 Å². The van der Waals surface area contributed by atoms with Gasteiger partial charge in [-0.1, -0.05) is 31.9 Å². The lowest BCUT2D eigenvalue weighted by molar-refractivity contribution is -0.275. The highest BCUT2D eigenvalue weighted by Crippen LogP contribution is 2.29. The van der Waals surface area contributed by atoms with Crippen LogP contribution < -0.4 is 9.47 Å². The molecular formula is C16H10Br2F6O5. The van der Waals surface area contributed by atoms with Gasteiger partial charge in [0, 0.05) is 14.5 Å². The van der Waals surface area contributed by atoms with E-state index in [4.69, 9.17) is 10.2 Å². The minimum absolute atomic E-state index is 0.0803. The Morgan fingerprint density at radius 1 is 0.862 bits per heavy atom. The van der Waals surface area contributed by atoms with E-state index in [0.717, 1.165) is 18.2 Å². The maximum atomic E-state index is 11.9. The molecule has 0 unspecified atom stereocenters. The summed E-state index contributed by atoms with van der Waals surface area (Å²) in [6, 6.07) is 7.13. The van der Waals surface area contributed by atoms with Crippen LogP contribution in [0.4, 0.5) is 26.3 Å². The first kappa shape index (κ1) is 25.0. The van der Waals surface area contributed by atoms with Crippen molar-refractivity contribution in [2.45, 2.75) is 19.3 Å². The fraction of sp³-hybridized carbons (Fsp3) is 0.188. The van der Waals surface area contributed by atoms with Crippen molar-refractivity contribution in [3.05, 3.63) is 56.5 Å². The van der Waals surface area contributed by atoms with Crippen molar-refractivity contribution in [3.8, 4) is 11.5 Å². The zero-order valence-corrected chi connectivity index (χ0v) is 17.0. The third-order valence-corrected chi connectivity index (χ3v) is 3.80. The van der Waals surface area contributed by atoms with Gasteiger partial charge in [0.2, 0.25) is 0 Å². The van der Waals surface area contributed by atoms with Gasteiger partial charge in [-0.15, -0.1) is 26.3 Å². The fourth-order valence-corrected chi connectivity index (χ4v) is 2.55. The Balaban J connectivity index is 0.000000291. The summed E-state index contributed by atoms with van der Waals surface area (Å²) < 4.78 is 79.3. The molecule has 0 aliphatic carbocycles. The van der Waals surface area contributed by atoms with Crippen LogP contribution in [-0.4, -0.2) is 28.9 Å². The standard InChI is InChI=1S/C8H4BrF3O3.C8H6BrF3O2/c9-4-1-2-6(15-8(10,11)12)5(3-4)7(13)14;9-6-1-2-7(5(3-6)4-13)14-8(10,11)12/h1-3H,(H,13,14);1-3,13H,4H2. The van der Waals surface area contributed by atoms with Gasteiger partial charge in [-0.25, -0.2) is 4.79 Å². The second kappa shape index (κ2) is 10.2. The molecule has 13 heteroatoms. The smallest absolute Gasteiger partial charge is 0.478 e. The lowest BCUT2D eigenvalue weighted by Crippen LogP contribution is -2.19. The summed E-state index contributed by atoms with van der Waals surface area (Å²) in [6.07, 6.45) is -9.64. The summed E-state index contributed by atoms with van der Waals surface area (Å²) in [6.45, 7) is -0.509. The van der Waals surface area contributed by atoms with Crippen LogP contribution in [-0.2, 0) is 6.61 Å². The van der Waals surface area contributed by atoms with E-state index in [0.29, 0.717) is 8.95 Å². The number of alkyl halides is 6. The number of carboxylic acid groups (broad SMARTS) is 1. The van der Waals surface area contributed by atoms with E-state index < -0.39 is 36.6 Å². The van der Waals surface area contributed by atoms with E-state index in [2.05, 4.69) is 41.3 Å². The molecule has 2 aromatic carbocycles. The third-order valence-electron chi connectivity index (χ3n) is 2.82. The number of rotatable bonds is 4. The number of hydrogen-bond donors (Lipinski definition) is 2. The molecule has 0 radical (unpaired) electrons. The third kappa shape index (κ3) is 9.37. The molecule has 160 valence electrons. The maximum absolute atomic E-state index is 11.9. The van der Waals surface area contributed by atoms with Crippen LogP contribution in [0.5, 0.6) is 11.5 Å². The van der Waals surface area contributed by atoms with E-state index >= 15 is 0 Å². The molecule has 0 aromatic heterocycles. The van der Waals surface area contributed by atoms with E-state index in [1.807, 2.05) is 0 Å². The molecule has 29 heavy (non-hydrogen) atoms. The molecule has 0 amide bonds. The number of aliphatic hydroxyl groups excluding tert-OH is 1. The molecule has 0 spiro atoms. The van der Waals surface area contributed by atoms with Gasteiger partial charge in [0.15, 0.2) is 0 Å². The maximum Gasteiger partial charge on any atom is 0.573 e. The topological polar surface area (TPSA) is 76.0 Å². The van der Waals surface area contributed by atoms with Crippen molar-refractivity contribution in [3.63, 3.8) is 0 Å². The summed E-state index contributed by atoms with van der Waals surface area (Å²) in [5.41, 5.74) is -0.474. The molecule has 2 N–H and O–H groups in total. The molecular weight excluding hydrogens is 546 g/mol. The molecule has 0 heterocycles. The monoisotopic (exact) mass is 554 g/mol. The summed E-state index contributed by atoms with van der Waals surface area (Å²) >= 11 is 6.01. The summed E-state index contributed by atoms with van der Waals surface area (Å²) in [7, 11) is 0. The van der Waals surface area contributed by atoms with Gasteiger partial charge in [0.25, 0.3) is 0 Å². The van der Waals surface area contributed by atoms with E-state index in [1.165, 1.54) is 18.2 Å². The number of benzene rings is 2. The number of hydrogen-bond acceptors (Lipinski definition) is 4. The predicted octanol–water partition coefficient (Wildman–Crippen LogP) is 5.89. The number of aliphatic hydroxyl groups is 1. The fourth-order valence-electron chi connectivity index (χ4n) is 1.78. The van der Waals surface area contributed by atoms with Gasteiger partial charge in [0.05, 0.1) is 6.61 Å². The van der Waals surface area contributed by atoms with Gasteiger partial charge < -0.3 is 19.7 Å². The minimum Gasteiger partial charge on any atom is -0.478 e. The van der Waals surface area contributed by atoms with Crippen LogP contribution in [0.3, 0.4) is 0 Å². The summed E-state index contributed by atoms with van der Waals surface area (Å²) in [5, 5.41) is 17.4. The Morgan fingerprint density at radius 3 is 1.76 bits per heavy atom. The van der Waals surface area contributed by atoms with Crippen molar-refractivity contribution in [1.82, 2.24) is 0 Å². The molecule has 0 saturated carbocycles. The van der Waals surface area contributed by atoms with Crippen LogP contribution in [0.2, 0.25) is 0 Å². The van der Waals surface area contributed by atoms with E-state index in [9.17, 15) is 31.1 Å². The molecule has 5 nitrogen and oxygen atoms in total. The van der Waals surface area contributed by atoms with Gasteiger partial charge >= 0.3 is 18.7 Å². The van der Waals surface area contributed by atoms with Crippen LogP contribution >= 0.6 is 31.9 Å². The molecule has 0 saturated heterocycles. The SMILES string of the molecule is O=C(O)c1cc(Br)ccc1OC(F)(F)F.OCc1cc(Br)ccc1OC(F)(F)F. The van der Waals surface area contributed by atoms with Gasteiger partial charge in [0.1, 0.15) is 17.1 Å². The Kier molecular flexibility index (Phi) is 8.78. The quantitative estimate of drug-likeness (QED) is 0.460. The van der Waals surface area contributed by atoms with Crippen molar-refractivity contribution < 1.29 is 50.8 Å². The molecule has 0 atom stereocenters. The predicted molar refractivity (Wildman–Crippen MR) is 94.5 cm³/mol. The van der Waals surface area contributed by atoms with Crippen molar-refractivity contribution in [2.75, 3.05) is 0 Å². The first-order valence-electron chi connectivity index (χ1n) is 7.15. The van der Waals surface area contributed by atoms with Gasteiger partial charge in [-0.2, -0.15) is 0 Å². The Morgan fingerprint density at radius 2 is 1.31 bits per heavy atom. The molecule has 2 aromatic rings. The van der Waals surface area contributed by atoms with E-state index in [1.54, 1.807) is 0 Å². The van der Waals surface area contributed by atoms with Crippen molar-refractivity contribution in [2.24, 2.45) is 0 Å². The molecule has 0 bridgehead atoms. The van der Waals surface area contributed by atoms with Crippen LogP contribution in [0.15, 0.2) is 45.3 Å². The molecule has 0 aliphatic rings. The van der Waals surface area contributed by atoms with Crippen molar-refractivity contribution >= 4 is 37.8 Å². The second-order valence-corrected chi connectivity index (χ2v) is 6.78. The average molecular weight is 556 g/mol. The second-order valence-electron chi connectivity index (χ2n) is 4.95. The number of aromatic carboxylic acids is 1. The average Bonchev–Trinajstić information content (AvgIpc) is 2.56. The zero-order chi connectivity index (χ0) is 22.4. The van der Waals surface area contributed by atoms with E-state index in [-0.39, 0.29) is 11.3 Å². The largest absolute Gasteiger partial charge is 0.573 e. The lowest BCUT2D eigenvalue weighted by Gasteiger charge is -2.11. The van der Waals surface area contributed by atoms with Gasteiger partial charge in [-0.3, -0.25) is 0 Å². The first-order valence-corrected chi connectivity index (χ1v) is 8.74. The van der Waals surface area contributed by atoms with Crippen molar-refractivity contribution in [1.29, 1.82) is 0 Å². The first-order chi connectivity index (χ1) is 13.2.